The molecule has 230 valence electrons. The van der Waals surface area contributed by atoms with Crippen molar-refractivity contribution >= 4 is 11.9 Å². The average molecular weight is 589 g/mol. The highest BCUT2D eigenvalue weighted by Crippen LogP contribution is 2.49. The number of benzene rings is 1. The number of likely N-dealkylation sites (N-methyl/N-ethyl adjacent to an activating group) is 1. The van der Waals surface area contributed by atoms with E-state index in [2.05, 4.69) is 29.0 Å². The highest BCUT2D eigenvalue weighted by atomic mass is 16.6. The predicted molar refractivity (Wildman–Crippen MR) is 162 cm³/mol. The first-order valence-corrected chi connectivity index (χ1v) is 15.7. The molecular weight excluding hydrogens is 544 g/mol. The van der Waals surface area contributed by atoms with Gasteiger partial charge in [0.1, 0.15) is 23.8 Å². The van der Waals surface area contributed by atoms with Crippen molar-refractivity contribution in [1.29, 1.82) is 5.26 Å². The SMILES string of the molecule is CN1CCC[C@H]1COc1nc2c(c(N3CCN(C(=O)OC(C)(C)C)[C@@H](CC#N)C3)n1)CCC1(CCc3ccc(O)cc31)C2. The number of aryl methyl sites for hydroxylation is 1. The number of rotatable bonds is 5. The first-order chi connectivity index (χ1) is 20.5. The zero-order valence-corrected chi connectivity index (χ0v) is 25.9. The lowest BCUT2D eigenvalue weighted by atomic mass is 9.69. The third kappa shape index (κ3) is 5.97. The van der Waals surface area contributed by atoms with Gasteiger partial charge in [-0.3, -0.25) is 0 Å². The molecule has 2 aliphatic heterocycles. The normalized spacial score (nSPS) is 25.4. The molecule has 0 bridgehead atoms. The number of fused-ring (bicyclic) bond motifs is 3. The summed E-state index contributed by atoms with van der Waals surface area (Å²) < 4.78 is 12.0. The number of likely N-dealkylation sites (tertiary alicyclic amines) is 1. The van der Waals surface area contributed by atoms with Gasteiger partial charge in [-0.1, -0.05) is 6.07 Å². The van der Waals surface area contributed by atoms with Crippen LogP contribution in [0.25, 0.3) is 0 Å². The second-order valence-electron chi connectivity index (χ2n) is 13.8. The van der Waals surface area contributed by atoms with E-state index in [1.54, 1.807) is 11.0 Å². The lowest BCUT2D eigenvalue weighted by molar-refractivity contribution is 0.0144. The standard InChI is InChI=1S/C33H44N6O4/c1-32(2,3)43-31(41)39-17-16-38(20-23(39)11-14-34)29-26-10-13-33(12-9-22-7-8-25(40)18-27(22)33)19-28(26)35-30(36-29)42-21-24-6-5-15-37(24)4/h7-8,18,23-24,40H,5-6,9-13,15-17,19-21H2,1-4H3/t23-,24-,33?/m0/s1. The summed E-state index contributed by atoms with van der Waals surface area (Å²) in [5, 5.41) is 20.0. The molecule has 1 amide bonds. The highest BCUT2D eigenvalue weighted by Gasteiger charge is 2.44. The Bertz CT molecular complexity index is 1420. The lowest BCUT2D eigenvalue weighted by Gasteiger charge is -2.43. The van der Waals surface area contributed by atoms with Crippen molar-refractivity contribution in [1.82, 2.24) is 19.8 Å². The monoisotopic (exact) mass is 588 g/mol. The van der Waals surface area contributed by atoms with Gasteiger partial charge in [-0.25, -0.2) is 4.79 Å². The fourth-order valence-corrected chi connectivity index (χ4v) is 7.47. The zero-order chi connectivity index (χ0) is 30.4. The Morgan fingerprint density at radius 3 is 2.72 bits per heavy atom. The van der Waals surface area contributed by atoms with Gasteiger partial charge in [0.25, 0.3) is 0 Å². The summed E-state index contributed by atoms with van der Waals surface area (Å²) in [4.78, 5) is 29.3. The van der Waals surface area contributed by atoms with E-state index in [4.69, 9.17) is 19.4 Å². The molecule has 10 nitrogen and oxygen atoms in total. The van der Waals surface area contributed by atoms with Crippen LogP contribution in [0, 0.1) is 11.3 Å². The zero-order valence-electron chi connectivity index (χ0n) is 25.9. The quantitative estimate of drug-likeness (QED) is 0.544. The molecule has 2 aromatic rings. The smallest absolute Gasteiger partial charge is 0.410 e. The molecule has 3 atom stereocenters. The molecule has 4 aliphatic rings. The topological polar surface area (TPSA) is 115 Å². The number of hydrogen-bond donors (Lipinski definition) is 1. The minimum Gasteiger partial charge on any atom is -0.508 e. The number of anilines is 1. The maximum atomic E-state index is 13.0. The lowest BCUT2D eigenvalue weighted by Crippen LogP contribution is -2.56. The molecule has 0 radical (unpaired) electrons. The number of carbonyl (C=O) groups excluding carboxylic acids is 1. The fraction of sp³-hybridized carbons (Fsp3) is 0.636. The van der Waals surface area contributed by atoms with Gasteiger partial charge in [-0.05, 0) is 103 Å². The number of piperazine rings is 1. The largest absolute Gasteiger partial charge is 0.508 e. The van der Waals surface area contributed by atoms with Crippen LogP contribution in [0.2, 0.25) is 0 Å². The Labute approximate surface area is 254 Å². The fourth-order valence-electron chi connectivity index (χ4n) is 7.47. The minimum absolute atomic E-state index is 0.0611. The molecule has 2 saturated heterocycles. The van der Waals surface area contributed by atoms with E-state index in [1.165, 1.54) is 11.1 Å². The van der Waals surface area contributed by atoms with Crippen molar-refractivity contribution in [3.8, 4) is 17.8 Å². The average Bonchev–Trinajstić information content (AvgIpc) is 3.53. The minimum atomic E-state index is -0.609. The second kappa shape index (κ2) is 11.5. The van der Waals surface area contributed by atoms with E-state index in [-0.39, 0.29) is 24.0 Å². The van der Waals surface area contributed by atoms with E-state index in [0.29, 0.717) is 44.0 Å². The van der Waals surface area contributed by atoms with Crippen LogP contribution < -0.4 is 9.64 Å². The van der Waals surface area contributed by atoms with Crippen molar-refractivity contribution in [2.24, 2.45) is 0 Å². The molecule has 2 aliphatic carbocycles. The third-order valence-electron chi connectivity index (χ3n) is 9.76. The summed E-state index contributed by atoms with van der Waals surface area (Å²) in [5.41, 5.74) is 4.03. The van der Waals surface area contributed by atoms with Crippen LogP contribution in [-0.4, -0.2) is 88.5 Å². The van der Waals surface area contributed by atoms with E-state index >= 15 is 0 Å². The van der Waals surface area contributed by atoms with Gasteiger partial charge >= 0.3 is 12.1 Å². The summed E-state index contributed by atoms with van der Waals surface area (Å²) in [6.45, 7) is 8.70. The second-order valence-corrected chi connectivity index (χ2v) is 13.8. The first-order valence-electron chi connectivity index (χ1n) is 15.7. The molecule has 2 fully saturated rings. The number of phenolic OH excluding ortho intramolecular Hbond substituents is 1. The molecule has 6 rings (SSSR count). The van der Waals surface area contributed by atoms with Gasteiger partial charge in [0.15, 0.2) is 0 Å². The van der Waals surface area contributed by atoms with Crippen LogP contribution in [0.4, 0.5) is 10.6 Å². The molecular formula is C33H44N6O4. The number of aromatic nitrogens is 2. The third-order valence-corrected chi connectivity index (χ3v) is 9.76. The summed E-state index contributed by atoms with van der Waals surface area (Å²) in [7, 11) is 2.14. The van der Waals surface area contributed by atoms with Crippen LogP contribution in [0.5, 0.6) is 11.8 Å². The molecule has 43 heavy (non-hydrogen) atoms. The Kier molecular flexibility index (Phi) is 7.88. The van der Waals surface area contributed by atoms with E-state index in [0.717, 1.165) is 68.6 Å². The number of aromatic hydroxyl groups is 1. The van der Waals surface area contributed by atoms with Crippen LogP contribution >= 0.6 is 0 Å². The molecule has 1 aromatic carbocycles. The van der Waals surface area contributed by atoms with Crippen molar-refractivity contribution in [2.45, 2.75) is 95.2 Å². The molecule has 10 heteroatoms. The Morgan fingerprint density at radius 2 is 1.98 bits per heavy atom. The van der Waals surface area contributed by atoms with Crippen LogP contribution in [-0.2, 0) is 29.4 Å². The molecule has 0 saturated carbocycles. The highest BCUT2D eigenvalue weighted by molar-refractivity contribution is 5.69. The van der Waals surface area contributed by atoms with Crippen LogP contribution in [0.1, 0.15) is 75.3 Å². The van der Waals surface area contributed by atoms with E-state index < -0.39 is 5.60 Å². The Balaban J connectivity index is 1.31. The Morgan fingerprint density at radius 1 is 1.16 bits per heavy atom. The Hall–Kier alpha value is -3.58. The van der Waals surface area contributed by atoms with Crippen LogP contribution in [0.15, 0.2) is 18.2 Å². The molecule has 1 aromatic heterocycles. The van der Waals surface area contributed by atoms with Crippen molar-refractivity contribution in [2.75, 3.05) is 44.7 Å². The van der Waals surface area contributed by atoms with Crippen LogP contribution in [0.3, 0.4) is 0 Å². The van der Waals surface area contributed by atoms with Gasteiger partial charge in [0.05, 0.1) is 24.2 Å². The van der Waals surface area contributed by atoms with Crippen molar-refractivity contribution in [3.63, 3.8) is 0 Å². The van der Waals surface area contributed by atoms with E-state index in [1.807, 2.05) is 26.8 Å². The number of hydrogen-bond acceptors (Lipinski definition) is 9. The number of ether oxygens (including phenoxy) is 2. The van der Waals surface area contributed by atoms with Gasteiger partial charge in [0.2, 0.25) is 0 Å². The maximum absolute atomic E-state index is 13.0. The molecule has 1 unspecified atom stereocenters. The number of nitrogens with zero attached hydrogens (tertiary/aromatic N) is 6. The summed E-state index contributed by atoms with van der Waals surface area (Å²) in [6.07, 6.45) is 6.68. The molecule has 1 spiro atoms. The molecule has 3 heterocycles. The van der Waals surface area contributed by atoms with Crippen molar-refractivity contribution in [3.05, 3.63) is 40.6 Å². The van der Waals surface area contributed by atoms with Gasteiger partial charge in [0, 0.05) is 36.7 Å². The number of nitriles is 1. The van der Waals surface area contributed by atoms with Gasteiger partial charge in [-0.15, -0.1) is 0 Å². The molecule has 1 N–H and O–H groups in total. The predicted octanol–water partition coefficient (Wildman–Crippen LogP) is 4.37. The number of carbonyl (C=O) groups is 1. The first kappa shape index (κ1) is 29.5. The van der Waals surface area contributed by atoms with Gasteiger partial charge < -0.3 is 29.3 Å². The summed E-state index contributed by atoms with van der Waals surface area (Å²) in [6, 6.07) is 8.50. The van der Waals surface area contributed by atoms with Crippen molar-refractivity contribution < 1.29 is 19.4 Å². The van der Waals surface area contributed by atoms with E-state index in [9.17, 15) is 15.2 Å². The summed E-state index contributed by atoms with van der Waals surface area (Å²) in [5.74, 6) is 1.17. The maximum Gasteiger partial charge on any atom is 0.410 e. The van der Waals surface area contributed by atoms with Gasteiger partial charge in [-0.2, -0.15) is 15.2 Å². The number of phenols is 1. The summed E-state index contributed by atoms with van der Waals surface area (Å²) >= 11 is 0. The number of amides is 1.